The molecule has 0 atom stereocenters. The monoisotopic (exact) mass is 168 g/mol. The van der Waals surface area contributed by atoms with Gasteiger partial charge in [0.25, 0.3) is 0 Å². The molecular formula is C8H8O2S. The Hall–Kier alpha value is -0.830. The van der Waals surface area contributed by atoms with Gasteiger partial charge < -0.3 is 5.11 Å². The van der Waals surface area contributed by atoms with E-state index in [2.05, 4.69) is 10.8 Å². The lowest BCUT2D eigenvalue weighted by Crippen LogP contribution is -1.94. The molecule has 2 nitrogen and oxygen atoms in total. The molecule has 0 saturated heterocycles. The minimum absolute atomic E-state index is 0.240. The highest BCUT2D eigenvalue weighted by Crippen LogP contribution is 2.07. The predicted molar refractivity (Wildman–Crippen MR) is 42.6 cm³/mol. The molecule has 2 radical (unpaired) electrons. The second-order valence-corrected chi connectivity index (χ2v) is 2.88. The third kappa shape index (κ3) is 3.18. The van der Waals surface area contributed by atoms with Crippen LogP contribution in [0, 0.1) is 10.8 Å². The van der Waals surface area contributed by atoms with Crippen molar-refractivity contribution in [2.75, 3.05) is 0 Å². The zero-order valence-corrected chi connectivity index (χ0v) is 6.78. The van der Waals surface area contributed by atoms with Gasteiger partial charge in [-0.2, -0.15) is 0 Å². The lowest BCUT2D eigenvalue weighted by molar-refractivity contribution is -0.137. The molecule has 0 aliphatic carbocycles. The van der Waals surface area contributed by atoms with Gasteiger partial charge in [0.15, 0.2) is 0 Å². The maximum atomic E-state index is 10.1. The van der Waals surface area contributed by atoms with Crippen molar-refractivity contribution < 1.29 is 9.90 Å². The summed E-state index contributed by atoms with van der Waals surface area (Å²) in [6.07, 6.45) is 1.73. The number of hydrogen-bond donors (Lipinski definition) is 1. The van der Waals surface area contributed by atoms with Crippen molar-refractivity contribution in [3.8, 4) is 0 Å². The molecule has 0 bridgehead atoms. The molecular weight excluding hydrogens is 160 g/mol. The van der Waals surface area contributed by atoms with E-state index in [4.69, 9.17) is 5.11 Å². The van der Waals surface area contributed by atoms with Gasteiger partial charge in [-0.15, -0.1) is 11.3 Å². The van der Waals surface area contributed by atoms with E-state index in [1.54, 1.807) is 0 Å². The highest BCUT2D eigenvalue weighted by Gasteiger charge is 1.98. The van der Waals surface area contributed by atoms with E-state index >= 15 is 0 Å². The number of thiophene rings is 1. The molecule has 0 fully saturated rings. The van der Waals surface area contributed by atoms with Crippen LogP contribution in [0.15, 0.2) is 6.07 Å². The van der Waals surface area contributed by atoms with Crippen LogP contribution in [0.4, 0.5) is 0 Å². The maximum absolute atomic E-state index is 10.1. The van der Waals surface area contributed by atoms with Gasteiger partial charge in [-0.25, -0.2) is 0 Å². The van der Waals surface area contributed by atoms with Crippen LogP contribution < -0.4 is 0 Å². The normalized spacial score (nSPS) is 9.82. The summed E-state index contributed by atoms with van der Waals surface area (Å²) in [6, 6.07) is 1.85. The fourth-order valence-electron chi connectivity index (χ4n) is 0.778. The molecule has 1 aromatic heterocycles. The molecule has 1 rings (SSSR count). The van der Waals surface area contributed by atoms with Crippen LogP contribution in [0.1, 0.15) is 18.4 Å². The number of aryl methyl sites for hydroxylation is 1. The summed E-state index contributed by atoms with van der Waals surface area (Å²) in [4.78, 5) is 10.1. The lowest BCUT2D eigenvalue weighted by Gasteiger charge is -1.92. The second kappa shape index (κ2) is 4.13. The minimum Gasteiger partial charge on any atom is -0.481 e. The van der Waals surface area contributed by atoms with E-state index in [1.165, 1.54) is 11.3 Å². The number of aliphatic carboxylic acids is 1. The van der Waals surface area contributed by atoms with E-state index in [-0.39, 0.29) is 6.42 Å². The van der Waals surface area contributed by atoms with E-state index < -0.39 is 5.97 Å². The van der Waals surface area contributed by atoms with Crippen molar-refractivity contribution in [2.24, 2.45) is 0 Å². The van der Waals surface area contributed by atoms with Crippen LogP contribution in [0.5, 0.6) is 0 Å². The van der Waals surface area contributed by atoms with Gasteiger partial charge in [0.05, 0.1) is 0 Å². The Labute approximate surface area is 69.5 Å². The number of rotatable bonds is 4. The molecule has 0 unspecified atom stereocenters. The number of carboxylic acids is 1. The molecule has 1 N–H and O–H groups in total. The Morgan fingerprint density at radius 1 is 1.73 bits per heavy atom. The summed E-state index contributed by atoms with van der Waals surface area (Å²) in [7, 11) is 0. The standard InChI is InChI=1S/C8H8O2S/c9-8(10)3-1-2-7-4-5-11-6-7/h4H,1-3H2,(H,9,10). The molecule has 11 heavy (non-hydrogen) atoms. The first-order valence-electron chi connectivity index (χ1n) is 3.37. The molecule has 58 valence electrons. The lowest BCUT2D eigenvalue weighted by atomic mass is 10.1. The molecule has 0 aliphatic rings. The van der Waals surface area contributed by atoms with Crippen molar-refractivity contribution in [3.05, 3.63) is 22.4 Å². The van der Waals surface area contributed by atoms with Crippen LogP contribution in [0.25, 0.3) is 0 Å². The molecule has 0 amide bonds. The first-order chi connectivity index (χ1) is 5.29. The maximum Gasteiger partial charge on any atom is 0.303 e. The second-order valence-electron chi connectivity index (χ2n) is 2.24. The number of carboxylic acid groups (broad SMARTS) is 1. The first kappa shape index (κ1) is 8.27. The molecule has 1 heterocycles. The van der Waals surface area contributed by atoms with E-state index in [1.807, 2.05) is 6.07 Å². The fraction of sp³-hybridized carbons (Fsp3) is 0.375. The van der Waals surface area contributed by atoms with E-state index in [9.17, 15) is 4.79 Å². The first-order valence-corrected chi connectivity index (χ1v) is 4.19. The third-order valence-corrected chi connectivity index (χ3v) is 1.91. The summed E-state index contributed by atoms with van der Waals surface area (Å²) >= 11 is 1.40. The Bertz CT molecular complexity index is 216. The van der Waals surface area contributed by atoms with Gasteiger partial charge in [0.1, 0.15) is 0 Å². The molecule has 3 heteroatoms. The van der Waals surface area contributed by atoms with E-state index in [0.717, 1.165) is 12.0 Å². The zero-order chi connectivity index (χ0) is 8.10. The average molecular weight is 168 g/mol. The number of hydrogen-bond acceptors (Lipinski definition) is 2. The van der Waals surface area contributed by atoms with Gasteiger partial charge in [-0.05, 0) is 24.5 Å². The molecule has 0 aliphatic heterocycles. The summed E-state index contributed by atoms with van der Waals surface area (Å²) in [5, 5.41) is 14.2. The quantitative estimate of drug-likeness (QED) is 0.743. The van der Waals surface area contributed by atoms with Crippen molar-refractivity contribution >= 4 is 17.3 Å². The summed E-state index contributed by atoms with van der Waals surface area (Å²) < 4.78 is 0. The van der Waals surface area contributed by atoms with Gasteiger partial charge in [0.2, 0.25) is 0 Å². The van der Waals surface area contributed by atoms with Crippen molar-refractivity contribution in [1.82, 2.24) is 0 Å². The predicted octanol–water partition coefficient (Wildman–Crippen LogP) is 1.76. The van der Waals surface area contributed by atoms with Crippen LogP contribution >= 0.6 is 11.3 Å². The van der Waals surface area contributed by atoms with Gasteiger partial charge in [-0.1, -0.05) is 0 Å². The largest absolute Gasteiger partial charge is 0.481 e. The Kier molecular flexibility index (Phi) is 3.11. The highest BCUT2D eigenvalue weighted by molar-refractivity contribution is 7.06. The summed E-state index contributed by atoms with van der Waals surface area (Å²) in [5.41, 5.74) is 1.07. The highest BCUT2D eigenvalue weighted by atomic mass is 32.1. The molecule has 0 aromatic carbocycles. The van der Waals surface area contributed by atoms with Crippen molar-refractivity contribution in [2.45, 2.75) is 19.3 Å². The minimum atomic E-state index is -0.732. The average Bonchev–Trinajstić information content (AvgIpc) is 2.39. The fourth-order valence-corrected chi connectivity index (χ4v) is 1.33. The SMILES string of the molecule is O=C(O)CCCc1[c]s[c]c1. The van der Waals surface area contributed by atoms with E-state index in [0.29, 0.717) is 6.42 Å². The summed E-state index contributed by atoms with van der Waals surface area (Å²) in [6.45, 7) is 0. The molecule has 1 aromatic rings. The van der Waals surface area contributed by atoms with Crippen LogP contribution in [0.2, 0.25) is 0 Å². The Morgan fingerprint density at radius 3 is 3.09 bits per heavy atom. The van der Waals surface area contributed by atoms with Crippen LogP contribution in [-0.4, -0.2) is 11.1 Å². The topological polar surface area (TPSA) is 37.3 Å². The summed E-state index contributed by atoms with van der Waals surface area (Å²) in [5.74, 6) is -0.732. The van der Waals surface area contributed by atoms with Crippen LogP contribution in [0.3, 0.4) is 0 Å². The van der Waals surface area contributed by atoms with Gasteiger partial charge in [0, 0.05) is 17.2 Å². The Morgan fingerprint density at radius 2 is 2.55 bits per heavy atom. The van der Waals surface area contributed by atoms with Crippen LogP contribution in [-0.2, 0) is 11.2 Å². The molecule has 0 saturated carbocycles. The zero-order valence-electron chi connectivity index (χ0n) is 5.96. The number of carbonyl (C=O) groups is 1. The Balaban J connectivity index is 2.19. The van der Waals surface area contributed by atoms with Gasteiger partial charge >= 0.3 is 5.97 Å². The van der Waals surface area contributed by atoms with Crippen molar-refractivity contribution in [3.63, 3.8) is 0 Å². The molecule has 0 spiro atoms. The van der Waals surface area contributed by atoms with Crippen molar-refractivity contribution in [1.29, 1.82) is 0 Å². The smallest absolute Gasteiger partial charge is 0.303 e. The van der Waals surface area contributed by atoms with Gasteiger partial charge in [-0.3, -0.25) is 4.79 Å². The third-order valence-electron chi connectivity index (χ3n) is 1.31.